The van der Waals surface area contributed by atoms with Crippen molar-refractivity contribution in [2.24, 2.45) is 0 Å². The average molecular weight is 202 g/mol. The van der Waals surface area contributed by atoms with E-state index < -0.39 is 6.10 Å². The van der Waals surface area contributed by atoms with Gasteiger partial charge in [-0.05, 0) is 18.1 Å². The maximum atomic E-state index is 9.36. The van der Waals surface area contributed by atoms with E-state index >= 15 is 0 Å². The van der Waals surface area contributed by atoms with Gasteiger partial charge in [0.05, 0.1) is 12.4 Å². The number of aromatic nitrogens is 2. The van der Waals surface area contributed by atoms with Crippen molar-refractivity contribution < 1.29 is 5.11 Å². The van der Waals surface area contributed by atoms with E-state index in [2.05, 4.69) is 4.98 Å². The van der Waals surface area contributed by atoms with Crippen LogP contribution in [-0.2, 0) is 6.54 Å². The van der Waals surface area contributed by atoms with E-state index in [1.165, 1.54) is 5.56 Å². The van der Waals surface area contributed by atoms with Crippen LogP contribution in [0.1, 0.15) is 24.2 Å². The first-order valence-electron chi connectivity index (χ1n) is 4.98. The highest BCUT2D eigenvalue weighted by Gasteiger charge is 2.00. The van der Waals surface area contributed by atoms with Crippen molar-refractivity contribution in [3.8, 4) is 0 Å². The second-order valence-corrected chi connectivity index (χ2v) is 3.65. The third-order valence-corrected chi connectivity index (χ3v) is 2.39. The minimum absolute atomic E-state index is 0.396. The summed E-state index contributed by atoms with van der Waals surface area (Å²) in [7, 11) is 0. The minimum Gasteiger partial charge on any atom is -0.389 e. The first-order chi connectivity index (χ1) is 7.25. The summed E-state index contributed by atoms with van der Waals surface area (Å²) in [4.78, 5) is 3.99. The molecule has 1 atom stereocenters. The average Bonchev–Trinajstić information content (AvgIpc) is 2.71. The van der Waals surface area contributed by atoms with Crippen molar-refractivity contribution in [1.82, 2.24) is 9.55 Å². The lowest BCUT2D eigenvalue weighted by molar-refractivity contribution is 0.199. The third kappa shape index (κ3) is 2.44. The van der Waals surface area contributed by atoms with E-state index in [9.17, 15) is 5.11 Å². The second-order valence-electron chi connectivity index (χ2n) is 3.65. The zero-order valence-corrected chi connectivity index (χ0v) is 8.67. The van der Waals surface area contributed by atoms with Crippen LogP contribution in [0.3, 0.4) is 0 Å². The quantitative estimate of drug-likeness (QED) is 0.826. The van der Waals surface area contributed by atoms with Crippen molar-refractivity contribution in [2.45, 2.75) is 19.6 Å². The van der Waals surface area contributed by atoms with Crippen molar-refractivity contribution in [2.75, 3.05) is 0 Å². The number of hydrogen-bond acceptors (Lipinski definition) is 2. The van der Waals surface area contributed by atoms with Crippen molar-refractivity contribution in [3.63, 3.8) is 0 Å². The van der Waals surface area contributed by atoms with Crippen LogP contribution in [0, 0.1) is 0 Å². The van der Waals surface area contributed by atoms with Crippen molar-refractivity contribution in [3.05, 3.63) is 54.1 Å². The summed E-state index contributed by atoms with van der Waals surface area (Å²) in [6.45, 7) is 2.59. The highest BCUT2D eigenvalue weighted by Crippen LogP contribution is 2.13. The van der Waals surface area contributed by atoms with Crippen LogP contribution < -0.4 is 0 Å². The standard InChI is InChI=1S/C12H14N2O/c1-10(15)12-4-2-11(3-5-12)8-14-7-6-13-9-14/h2-7,9-10,15H,8H2,1H3/t10-/m0/s1. The molecule has 0 spiro atoms. The Morgan fingerprint density at radius 1 is 1.33 bits per heavy atom. The van der Waals surface area contributed by atoms with Crippen LogP contribution in [0.25, 0.3) is 0 Å². The highest BCUT2D eigenvalue weighted by atomic mass is 16.3. The van der Waals surface area contributed by atoms with Gasteiger partial charge in [-0.15, -0.1) is 0 Å². The van der Waals surface area contributed by atoms with Gasteiger partial charge in [-0.25, -0.2) is 4.98 Å². The number of hydrogen-bond donors (Lipinski definition) is 1. The Kier molecular flexibility index (Phi) is 2.83. The molecule has 0 fully saturated rings. The van der Waals surface area contributed by atoms with Gasteiger partial charge in [0, 0.05) is 18.9 Å². The summed E-state index contributed by atoms with van der Waals surface area (Å²) in [5.41, 5.74) is 2.15. The predicted molar refractivity (Wildman–Crippen MR) is 58.4 cm³/mol. The molecule has 1 aromatic carbocycles. The molecule has 0 bridgehead atoms. The molecule has 0 amide bonds. The molecular formula is C12H14N2O. The molecule has 0 saturated carbocycles. The molecule has 15 heavy (non-hydrogen) atoms. The maximum absolute atomic E-state index is 9.36. The van der Waals surface area contributed by atoms with E-state index in [0.717, 1.165) is 12.1 Å². The lowest BCUT2D eigenvalue weighted by atomic mass is 10.1. The van der Waals surface area contributed by atoms with E-state index in [1.54, 1.807) is 19.4 Å². The van der Waals surface area contributed by atoms with Gasteiger partial charge in [0.15, 0.2) is 0 Å². The molecule has 0 saturated heterocycles. The number of benzene rings is 1. The van der Waals surface area contributed by atoms with Gasteiger partial charge in [0.1, 0.15) is 0 Å². The minimum atomic E-state index is -0.396. The van der Waals surface area contributed by atoms with Gasteiger partial charge in [-0.2, -0.15) is 0 Å². The Balaban J connectivity index is 2.11. The van der Waals surface area contributed by atoms with Crippen molar-refractivity contribution >= 4 is 0 Å². The highest BCUT2D eigenvalue weighted by molar-refractivity contribution is 5.24. The molecule has 1 aromatic heterocycles. The molecule has 0 unspecified atom stereocenters. The number of rotatable bonds is 3. The molecule has 0 aliphatic carbocycles. The van der Waals surface area contributed by atoms with Gasteiger partial charge in [0.2, 0.25) is 0 Å². The maximum Gasteiger partial charge on any atom is 0.0949 e. The zero-order chi connectivity index (χ0) is 10.7. The fourth-order valence-electron chi connectivity index (χ4n) is 1.49. The Labute approximate surface area is 89.0 Å². The van der Waals surface area contributed by atoms with Gasteiger partial charge in [-0.3, -0.25) is 0 Å². The van der Waals surface area contributed by atoms with E-state index in [1.807, 2.05) is 35.0 Å². The van der Waals surface area contributed by atoms with E-state index in [4.69, 9.17) is 0 Å². The summed E-state index contributed by atoms with van der Waals surface area (Å²) in [6, 6.07) is 7.97. The zero-order valence-electron chi connectivity index (χ0n) is 8.67. The van der Waals surface area contributed by atoms with E-state index in [-0.39, 0.29) is 0 Å². The van der Waals surface area contributed by atoms with Crippen LogP contribution >= 0.6 is 0 Å². The molecule has 3 nitrogen and oxygen atoms in total. The smallest absolute Gasteiger partial charge is 0.0949 e. The molecule has 1 heterocycles. The predicted octanol–water partition coefficient (Wildman–Crippen LogP) is 1.98. The number of imidazole rings is 1. The van der Waals surface area contributed by atoms with Gasteiger partial charge in [-0.1, -0.05) is 24.3 Å². The molecule has 2 aromatic rings. The Morgan fingerprint density at radius 2 is 2.07 bits per heavy atom. The Bertz CT molecular complexity index is 404. The first kappa shape index (κ1) is 9.93. The third-order valence-electron chi connectivity index (χ3n) is 2.39. The monoisotopic (exact) mass is 202 g/mol. The summed E-state index contributed by atoms with van der Waals surface area (Å²) in [6.07, 6.45) is 5.10. The van der Waals surface area contributed by atoms with Crippen LogP contribution in [-0.4, -0.2) is 14.7 Å². The lowest BCUT2D eigenvalue weighted by Crippen LogP contribution is -1.97. The molecule has 0 aliphatic heterocycles. The SMILES string of the molecule is C[C@H](O)c1ccc(Cn2ccnc2)cc1. The van der Waals surface area contributed by atoms with Crippen LogP contribution in [0.4, 0.5) is 0 Å². The summed E-state index contributed by atoms with van der Waals surface area (Å²) in [5.74, 6) is 0. The molecule has 0 aliphatic rings. The number of aliphatic hydroxyl groups excluding tert-OH is 1. The number of nitrogens with zero attached hydrogens (tertiary/aromatic N) is 2. The molecule has 78 valence electrons. The van der Waals surface area contributed by atoms with Gasteiger partial charge < -0.3 is 9.67 Å². The Morgan fingerprint density at radius 3 is 2.60 bits per heavy atom. The van der Waals surface area contributed by atoms with Gasteiger partial charge >= 0.3 is 0 Å². The summed E-state index contributed by atoms with van der Waals surface area (Å²) >= 11 is 0. The van der Waals surface area contributed by atoms with E-state index in [0.29, 0.717) is 0 Å². The first-order valence-corrected chi connectivity index (χ1v) is 4.98. The summed E-state index contributed by atoms with van der Waals surface area (Å²) < 4.78 is 2.01. The Hall–Kier alpha value is -1.61. The van der Waals surface area contributed by atoms with Crippen molar-refractivity contribution in [1.29, 1.82) is 0 Å². The molecule has 0 radical (unpaired) electrons. The second kappa shape index (κ2) is 4.28. The molecular weight excluding hydrogens is 188 g/mol. The number of aliphatic hydroxyl groups is 1. The molecule has 2 rings (SSSR count). The van der Waals surface area contributed by atoms with Crippen LogP contribution in [0.5, 0.6) is 0 Å². The lowest BCUT2D eigenvalue weighted by Gasteiger charge is -2.06. The topological polar surface area (TPSA) is 38.0 Å². The van der Waals surface area contributed by atoms with Crippen LogP contribution in [0.15, 0.2) is 43.0 Å². The van der Waals surface area contributed by atoms with Gasteiger partial charge in [0.25, 0.3) is 0 Å². The normalized spacial score (nSPS) is 12.7. The molecule has 3 heteroatoms. The fraction of sp³-hybridized carbons (Fsp3) is 0.250. The van der Waals surface area contributed by atoms with Crippen LogP contribution in [0.2, 0.25) is 0 Å². The molecule has 1 N–H and O–H groups in total. The fourth-order valence-corrected chi connectivity index (χ4v) is 1.49. The largest absolute Gasteiger partial charge is 0.389 e. The summed E-state index contributed by atoms with van der Waals surface area (Å²) in [5, 5.41) is 9.36.